The fourth-order valence-electron chi connectivity index (χ4n) is 1.38. The molecule has 6 heteroatoms. The number of methoxy groups -OCH3 is 1. The number of esters is 1. The van der Waals surface area contributed by atoms with Gasteiger partial charge in [0.2, 0.25) is 0 Å². The van der Waals surface area contributed by atoms with Crippen LogP contribution in [0.4, 0.5) is 0 Å². The van der Waals surface area contributed by atoms with E-state index >= 15 is 0 Å². The molecule has 0 aliphatic carbocycles. The summed E-state index contributed by atoms with van der Waals surface area (Å²) in [4.78, 5) is 15.4. The topological polar surface area (TPSA) is 59.4 Å². The standard InChI is InChI=1S/C12H10ClNO3S/c1-17-11(16)5-8-6-18-12(14-8)7-2-3-10(15)9(13)4-7/h2-4,6,15H,5H2,1H3. The first-order valence-corrected chi connectivity index (χ1v) is 6.36. The van der Waals surface area contributed by atoms with Crippen LogP contribution in [0.3, 0.4) is 0 Å². The highest BCUT2D eigenvalue weighted by molar-refractivity contribution is 7.13. The van der Waals surface area contributed by atoms with Crippen molar-refractivity contribution in [3.05, 3.63) is 34.3 Å². The number of carbonyl (C=O) groups is 1. The number of rotatable bonds is 3. The van der Waals surface area contributed by atoms with Gasteiger partial charge >= 0.3 is 5.97 Å². The van der Waals surface area contributed by atoms with Crippen LogP contribution in [-0.2, 0) is 16.0 Å². The number of aromatic nitrogens is 1. The third-order valence-corrected chi connectivity index (χ3v) is 3.54. The third kappa shape index (κ3) is 2.80. The molecule has 2 aromatic rings. The van der Waals surface area contributed by atoms with Crippen molar-refractivity contribution in [2.24, 2.45) is 0 Å². The minimum Gasteiger partial charge on any atom is -0.506 e. The largest absolute Gasteiger partial charge is 0.506 e. The van der Waals surface area contributed by atoms with Crippen molar-refractivity contribution in [2.75, 3.05) is 7.11 Å². The number of ether oxygens (including phenoxy) is 1. The van der Waals surface area contributed by atoms with Crippen LogP contribution < -0.4 is 0 Å². The summed E-state index contributed by atoms with van der Waals surface area (Å²) >= 11 is 7.24. The van der Waals surface area contributed by atoms with E-state index in [1.165, 1.54) is 24.5 Å². The van der Waals surface area contributed by atoms with Gasteiger partial charge in [0.25, 0.3) is 0 Å². The molecule has 1 N–H and O–H groups in total. The van der Waals surface area contributed by atoms with Gasteiger partial charge in [0.1, 0.15) is 10.8 Å². The van der Waals surface area contributed by atoms with Crippen LogP contribution in [-0.4, -0.2) is 23.2 Å². The van der Waals surface area contributed by atoms with Crippen LogP contribution >= 0.6 is 22.9 Å². The monoisotopic (exact) mass is 283 g/mol. The van der Waals surface area contributed by atoms with Crippen LogP contribution in [0.5, 0.6) is 5.75 Å². The Balaban J connectivity index is 2.23. The highest BCUT2D eigenvalue weighted by Crippen LogP contribution is 2.31. The lowest BCUT2D eigenvalue weighted by atomic mass is 10.2. The van der Waals surface area contributed by atoms with E-state index < -0.39 is 0 Å². The van der Waals surface area contributed by atoms with Crippen LogP contribution in [0, 0.1) is 0 Å². The Kier molecular flexibility index (Phi) is 3.84. The molecule has 0 saturated carbocycles. The fraction of sp³-hybridized carbons (Fsp3) is 0.167. The molecule has 0 saturated heterocycles. The maximum absolute atomic E-state index is 11.1. The van der Waals surface area contributed by atoms with Crippen LogP contribution in [0.2, 0.25) is 5.02 Å². The smallest absolute Gasteiger partial charge is 0.311 e. The summed E-state index contributed by atoms with van der Waals surface area (Å²) in [5.74, 6) is -0.289. The van der Waals surface area contributed by atoms with Crippen molar-refractivity contribution in [2.45, 2.75) is 6.42 Å². The minimum absolute atomic E-state index is 0.0340. The van der Waals surface area contributed by atoms with Gasteiger partial charge in [-0.05, 0) is 18.2 Å². The molecule has 0 aliphatic heterocycles. The maximum Gasteiger partial charge on any atom is 0.311 e. The van der Waals surface area contributed by atoms with Crippen molar-refractivity contribution in [1.29, 1.82) is 0 Å². The van der Waals surface area contributed by atoms with Crippen LogP contribution in [0.15, 0.2) is 23.6 Å². The summed E-state index contributed by atoms with van der Waals surface area (Å²) in [7, 11) is 1.34. The molecule has 1 aromatic carbocycles. The predicted octanol–water partition coefficient (Wildman–Crippen LogP) is 2.88. The number of benzene rings is 1. The molecule has 0 aliphatic rings. The fourth-order valence-corrected chi connectivity index (χ4v) is 2.38. The first kappa shape index (κ1) is 12.9. The molecule has 94 valence electrons. The molecule has 0 bridgehead atoms. The molecule has 0 radical (unpaired) electrons. The van der Waals surface area contributed by atoms with Crippen LogP contribution in [0.25, 0.3) is 10.6 Å². The number of halogens is 1. The van der Waals surface area contributed by atoms with Crippen molar-refractivity contribution >= 4 is 28.9 Å². The Morgan fingerprint density at radius 3 is 3.00 bits per heavy atom. The zero-order valence-electron chi connectivity index (χ0n) is 9.51. The van der Waals surface area contributed by atoms with Crippen molar-refractivity contribution < 1.29 is 14.6 Å². The number of phenols is 1. The molecule has 18 heavy (non-hydrogen) atoms. The Labute approximate surface area is 113 Å². The van der Waals surface area contributed by atoms with Gasteiger partial charge in [-0.2, -0.15) is 0 Å². The lowest BCUT2D eigenvalue weighted by Crippen LogP contribution is -2.04. The van der Waals surface area contributed by atoms with E-state index in [1.54, 1.807) is 17.5 Å². The Bertz CT molecular complexity index is 582. The normalized spacial score (nSPS) is 10.3. The first-order valence-electron chi connectivity index (χ1n) is 5.10. The second kappa shape index (κ2) is 5.37. The number of thiazole rings is 1. The lowest BCUT2D eigenvalue weighted by molar-refractivity contribution is -0.139. The number of carbonyl (C=O) groups excluding carboxylic acids is 1. The summed E-state index contributed by atoms with van der Waals surface area (Å²) in [5, 5.41) is 12.2. The molecule has 2 rings (SSSR count). The van der Waals surface area contributed by atoms with Gasteiger partial charge in [0, 0.05) is 10.9 Å². The van der Waals surface area contributed by atoms with Crippen molar-refractivity contribution in [3.8, 4) is 16.3 Å². The molecule has 0 atom stereocenters. The van der Waals surface area contributed by atoms with E-state index in [0.29, 0.717) is 5.69 Å². The molecule has 4 nitrogen and oxygen atoms in total. The summed E-state index contributed by atoms with van der Waals surface area (Å²) in [6.45, 7) is 0. The zero-order chi connectivity index (χ0) is 13.1. The van der Waals surface area contributed by atoms with Gasteiger partial charge in [0.05, 0.1) is 24.2 Å². The number of hydrogen-bond donors (Lipinski definition) is 1. The van der Waals surface area contributed by atoms with Gasteiger partial charge in [-0.15, -0.1) is 11.3 Å². The van der Waals surface area contributed by atoms with E-state index in [1.807, 2.05) is 0 Å². The Hall–Kier alpha value is -1.59. The van der Waals surface area contributed by atoms with Gasteiger partial charge in [-0.3, -0.25) is 4.79 Å². The summed E-state index contributed by atoms with van der Waals surface area (Å²) in [5.41, 5.74) is 1.46. The molecule has 0 amide bonds. The third-order valence-electron chi connectivity index (χ3n) is 2.30. The second-order valence-corrected chi connectivity index (χ2v) is 4.83. The second-order valence-electron chi connectivity index (χ2n) is 3.56. The molecule has 0 spiro atoms. The van der Waals surface area contributed by atoms with E-state index in [0.717, 1.165) is 10.6 Å². The van der Waals surface area contributed by atoms with Gasteiger partial charge in [-0.1, -0.05) is 11.6 Å². The zero-order valence-corrected chi connectivity index (χ0v) is 11.1. The van der Waals surface area contributed by atoms with Gasteiger partial charge in [-0.25, -0.2) is 4.98 Å². The van der Waals surface area contributed by atoms with Gasteiger partial charge < -0.3 is 9.84 Å². The van der Waals surface area contributed by atoms with Crippen LogP contribution in [0.1, 0.15) is 5.69 Å². The van der Waals surface area contributed by atoms with E-state index in [-0.39, 0.29) is 23.2 Å². The predicted molar refractivity (Wildman–Crippen MR) is 69.9 cm³/mol. The summed E-state index contributed by atoms with van der Waals surface area (Å²) in [6, 6.07) is 4.87. The average Bonchev–Trinajstić information content (AvgIpc) is 2.81. The summed E-state index contributed by atoms with van der Waals surface area (Å²) in [6.07, 6.45) is 0.152. The van der Waals surface area contributed by atoms with E-state index in [9.17, 15) is 9.90 Å². The number of phenolic OH excluding ortho intramolecular Hbond substituents is 1. The molecular formula is C12H10ClNO3S. The highest BCUT2D eigenvalue weighted by Gasteiger charge is 2.10. The Morgan fingerprint density at radius 1 is 1.56 bits per heavy atom. The Morgan fingerprint density at radius 2 is 2.33 bits per heavy atom. The van der Waals surface area contributed by atoms with Gasteiger partial charge in [0.15, 0.2) is 0 Å². The highest BCUT2D eigenvalue weighted by atomic mass is 35.5. The molecule has 1 heterocycles. The molecule has 0 unspecified atom stereocenters. The number of aromatic hydroxyl groups is 1. The average molecular weight is 284 g/mol. The van der Waals surface area contributed by atoms with E-state index in [4.69, 9.17) is 11.6 Å². The SMILES string of the molecule is COC(=O)Cc1csc(-c2ccc(O)c(Cl)c2)n1. The quantitative estimate of drug-likeness (QED) is 0.880. The van der Waals surface area contributed by atoms with Crippen molar-refractivity contribution in [3.63, 3.8) is 0 Å². The van der Waals surface area contributed by atoms with E-state index in [2.05, 4.69) is 9.72 Å². The first-order chi connectivity index (χ1) is 8.60. The maximum atomic E-state index is 11.1. The lowest BCUT2D eigenvalue weighted by Gasteiger charge is -1.99. The number of hydrogen-bond acceptors (Lipinski definition) is 5. The molecule has 1 aromatic heterocycles. The molecule has 0 fully saturated rings. The molecular weight excluding hydrogens is 274 g/mol. The minimum atomic E-state index is -0.324. The van der Waals surface area contributed by atoms with Crippen molar-refractivity contribution in [1.82, 2.24) is 4.98 Å². The summed E-state index contributed by atoms with van der Waals surface area (Å²) < 4.78 is 4.58. The number of nitrogens with zero attached hydrogens (tertiary/aromatic N) is 1.